The number of esters is 1. The van der Waals surface area contributed by atoms with Gasteiger partial charge in [0.2, 0.25) is 5.82 Å². The number of rotatable bonds is 4. The molecule has 0 N–H and O–H groups in total. The first kappa shape index (κ1) is 15.2. The van der Waals surface area contributed by atoms with Crippen LogP contribution in [0.1, 0.15) is 31.6 Å². The molecular weight excluding hydrogens is 301 g/mol. The van der Waals surface area contributed by atoms with E-state index in [0.717, 1.165) is 12.8 Å². The fraction of sp³-hybridized carbons (Fsp3) is 0.375. The minimum absolute atomic E-state index is 0.128. The number of hydrogen-bond acceptors (Lipinski definition) is 6. The van der Waals surface area contributed by atoms with Gasteiger partial charge in [-0.15, -0.1) is 0 Å². The van der Waals surface area contributed by atoms with Gasteiger partial charge in [0.15, 0.2) is 12.0 Å². The summed E-state index contributed by atoms with van der Waals surface area (Å²) in [6.45, 7) is -0.184. The van der Waals surface area contributed by atoms with E-state index in [2.05, 4.69) is 16.2 Å². The summed E-state index contributed by atoms with van der Waals surface area (Å²) in [4.78, 5) is 16.2. The number of carbonyl (C=O) groups excluding carboxylic acids is 1. The molecule has 2 aromatic rings. The number of carbonyl (C=O) groups is 1. The van der Waals surface area contributed by atoms with Gasteiger partial charge in [-0.1, -0.05) is 18.0 Å². The van der Waals surface area contributed by atoms with Crippen molar-refractivity contribution in [3.63, 3.8) is 0 Å². The first-order valence-corrected chi connectivity index (χ1v) is 7.30. The average molecular weight is 315 g/mol. The van der Waals surface area contributed by atoms with Gasteiger partial charge in [-0.25, -0.2) is 4.39 Å². The third-order valence-corrected chi connectivity index (χ3v) is 3.96. The number of nitrogens with zero attached hydrogens (tertiary/aromatic N) is 3. The van der Waals surface area contributed by atoms with Crippen molar-refractivity contribution in [2.24, 2.45) is 5.41 Å². The standard InChI is InChI=1S/C16H14FN3O3/c17-12-5-3-11(4-6-12)14-19-13(23-20-14)9-22-15(21)16(10-18)7-1-2-8-16/h3-6H,1-2,7-9H2. The van der Waals surface area contributed by atoms with Gasteiger partial charge in [0.25, 0.3) is 5.89 Å². The number of hydrogen-bond donors (Lipinski definition) is 0. The van der Waals surface area contributed by atoms with Crippen molar-refractivity contribution in [3.8, 4) is 17.5 Å². The Morgan fingerprint density at radius 1 is 1.35 bits per heavy atom. The van der Waals surface area contributed by atoms with Gasteiger partial charge in [0, 0.05) is 5.56 Å². The molecule has 1 aromatic heterocycles. The molecule has 0 atom stereocenters. The lowest BCUT2D eigenvalue weighted by Crippen LogP contribution is -2.28. The summed E-state index contributed by atoms with van der Waals surface area (Å²) in [7, 11) is 0. The van der Waals surface area contributed by atoms with Crippen molar-refractivity contribution in [2.45, 2.75) is 32.3 Å². The Labute approximate surface area is 131 Å². The van der Waals surface area contributed by atoms with Crippen LogP contribution in [0.2, 0.25) is 0 Å². The molecule has 3 rings (SSSR count). The van der Waals surface area contributed by atoms with Gasteiger partial charge < -0.3 is 9.26 Å². The lowest BCUT2D eigenvalue weighted by molar-refractivity contribution is -0.154. The molecule has 1 aromatic carbocycles. The number of aromatic nitrogens is 2. The summed E-state index contributed by atoms with van der Waals surface area (Å²) in [5, 5.41) is 13.0. The van der Waals surface area contributed by atoms with Crippen LogP contribution in [0.4, 0.5) is 4.39 Å². The highest BCUT2D eigenvalue weighted by Gasteiger charge is 2.43. The Bertz CT molecular complexity index is 743. The van der Waals surface area contributed by atoms with Crippen LogP contribution in [0, 0.1) is 22.6 Å². The second kappa shape index (κ2) is 6.16. The van der Waals surface area contributed by atoms with E-state index in [-0.39, 0.29) is 24.1 Å². The molecule has 118 valence electrons. The van der Waals surface area contributed by atoms with Gasteiger partial charge in [-0.2, -0.15) is 10.2 Å². The minimum atomic E-state index is -1.04. The average Bonchev–Trinajstić information content (AvgIpc) is 3.23. The maximum Gasteiger partial charge on any atom is 0.326 e. The molecule has 1 aliphatic carbocycles. The Kier molecular flexibility index (Phi) is 4.06. The zero-order chi connectivity index (χ0) is 16.3. The van der Waals surface area contributed by atoms with E-state index in [0.29, 0.717) is 18.4 Å². The van der Waals surface area contributed by atoms with Crippen molar-refractivity contribution in [2.75, 3.05) is 0 Å². The third-order valence-electron chi connectivity index (χ3n) is 3.96. The van der Waals surface area contributed by atoms with E-state index in [1.807, 2.05) is 0 Å². The Hall–Kier alpha value is -2.75. The van der Waals surface area contributed by atoms with Gasteiger partial charge in [0.1, 0.15) is 5.82 Å². The highest BCUT2D eigenvalue weighted by atomic mass is 19.1. The van der Waals surface area contributed by atoms with Crippen LogP contribution < -0.4 is 0 Å². The molecule has 0 radical (unpaired) electrons. The number of ether oxygens (including phenoxy) is 1. The summed E-state index contributed by atoms with van der Waals surface area (Å²) >= 11 is 0. The highest BCUT2D eigenvalue weighted by molar-refractivity contribution is 5.80. The monoisotopic (exact) mass is 315 g/mol. The van der Waals surface area contributed by atoms with Crippen LogP contribution in [0.25, 0.3) is 11.4 Å². The van der Waals surface area contributed by atoms with E-state index in [4.69, 9.17) is 9.26 Å². The van der Waals surface area contributed by atoms with Crippen molar-refractivity contribution in [1.82, 2.24) is 10.1 Å². The van der Waals surface area contributed by atoms with Crippen LogP contribution in [0.5, 0.6) is 0 Å². The highest BCUT2D eigenvalue weighted by Crippen LogP contribution is 2.38. The zero-order valence-electron chi connectivity index (χ0n) is 12.3. The molecular formula is C16H14FN3O3. The second-order valence-electron chi connectivity index (χ2n) is 5.50. The van der Waals surface area contributed by atoms with E-state index in [1.54, 1.807) is 0 Å². The molecule has 1 aliphatic rings. The van der Waals surface area contributed by atoms with E-state index < -0.39 is 11.4 Å². The predicted octanol–water partition coefficient (Wildman–Crippen LogP) is 3.00. The van der Waals surface area contributed by atoms with Crippen LogP contribution in [0.3, 0.4) is 0 Å². The molecule has 7 heteroatoms. The van der Waals surface area contributed by atoms with Crippen LogP contribution in [-0.2, 0) is 16.1 Å². The maximum absolute atomic E-state index is 12.9. The van der Waals surface area contributed by atoms with Crippen molar-refractivity contribution >= 4 is 5.97 Å². The largest absolute Gasteiger partial charge is 0.454 e. The molecule has 0 bridgehead atoms. The lowest BCUT2D eigenvalue weighted by atomic mass is 9.88. The molecule has 23 heavy (non-hydrogen) atoms. The third kappa shape index (κ3) is 3.06. The fourth-order valence-corrected chi connectivity index (χ4v) is 2.64. The second-order valence-corrected chi connectivity index (χ2v) is 5.50. The van der Waals surface area contributed by atoms with Gasteiger partial charge in [-0.05, 0) is 37.1 Å². The smallest absolute Gasteiger partial charge is 0.326 e. The Morgan fingerprint density at radius 2 is 2.04 bits per heavy atom. The van der Waals surface area contributed by atoms with Gasteiger partial charge in [0.05, 0.1) is 6.07 Å². The molecule has 1 fully saturated rings. The molecule has 6 nitrogen and oxygen atoms in total. The van der Waals surface area contributed by atoms with Crippen LogP contribution in [-0.4, -0.2) is 16.1 Å². The predicted molar refractivity (Wildman–Crippen MR) is 76.0 cm³/mol. The zero-order valence-corrected chi connectivity index (χ0v) is 12.3. The Balaban J connectivity index is 1.64. The quantitative estimate of drug-likeness (QED) is 0.806. The molecule has 0 aliphatic heterocycles. The molecule has 0 amide bonds. The lowest BCUT2D eigenvalue weighted by Gasteiger charge is -2.17. The van der Waals surface area contributed by atoms with Gasteiger partial charge in [-0.3, -0.25) is 4.79 Å². The van der Waals surface area contributed by atoms with E-state index in [9.17, 15) is 14.4 Å². The van der Waals surface area contributed by atoms with Crippen molar-refractivity contribution in [1.29, 1.82) is 5.26 Å². The van der Waals surface area contributed by atoms with Crippen molar-refractivity contribution < 1.29 is 18.4 Å². The normalized spacial score (nSPS) is 16.0. The summed E-state index contributed by atoms with van der Waals surface area (Å²) in [5.41, 5.74) is -0.447. The summed E-state index contributed by atoms with van der Waals surface area (Å²) in [6.07, 6.45) is 2.73. The SMILES string of the molecule is N#CC1(C(=O)OCc2nc(-c3ccc(F)cc3)no2)CCCC1. The summed E-state index contributed by atoms with van der Waals surface area (Å²) in [6, 6.07) is 7.71. The first-order chi connectivity index (χ1) is 11.1. The number of nitriles is 1. The van der Waals surface area contributed by atoms with Crippen LogP contribution >= 0.6 is 0 Å². The van der Waals surface area contributed by atoms with Gasteiger partial charge >= 0.3 is 5.97 Å². The minimum Gasteiger partial charge on any atom is -0.454 e. The molecule has 1 heterocycles. The summed E-state index contributed by atoms with van der Waals surface area (Å²) < 4.78 is 23.1. The first-order valence-electron chi connectivity index (χ1n) is 7.30. The fourth-order valence-electron chi connectivity index (χ4n) is 2.64. The summed E-state index contributed by atoms with van der Waals surface area (Å²) in [5.74, 6) is -0.487. The molecule has 0 spiro atoms. The van der Waals surface area contributed by atoms with Crippen LogP contribution in [0.15, 0.2) is 28.8 Å². The maximum atomic E-state index is 12.9. The molecule has 1 saturated carbocycles. The number of halogens is 1. The van der Waals surface area contributed by atoms with E-state index >= 15 is 0 Å². The van der Waals surface area contributed by atoms with Crippen molar-refractivity contribution in [3.05, 3.63) is 36.0 Å². The molecule has 0 unspecified atom stereocenters. The molecule has 0 saturated heterocycles. The number of benzene rings is 1. The van der Waals surface area contributed by atoms with E-state index in [1.165, 1.54) is 24.3 Å². The Morgan fingerprint density at radius 3 is 2.70 bits per heavy atom. The topological polar surface area (TPSA) is 89.0 Å².